The summed E-state index contributed by atoms with van der Waals surface area (Å²) in [6.45, 7) is -0.203. The van der Waals surface area contributed by atoms with E-state index in [1.54, 1.807) is 23.5 Å². The van der Waals surface area contributed by atoms with Crippen molar-refractivity contribution in [3.8, 4) is 11.5 Å². The number of amides is 1. The molecule has 0 bridgehead atoms. The van der Waals surface area contributed by atoms with Crippen LogP contribution < -0.4 is 14.8 Å². The number of hydrogen-bond acceptors (Lipinski definition) is 4. The van der Waals surface area contributed by atoms with Crippen LogP contribution in [0.15, 0.2) is 24.3 Å². The zero-order valence-corrected chi connectivity index (χ0v) is 16.2. The first-order valence-electron chi connectivity index (χ1n) is 8.97. The minimum absolute atomic E-state index is 0.00122. The number of halogens is 2. The Morgan fingerprint density at radius 1 is 1.33 bits per heavy atom. The summed E-state index contributed by atoms with van der Waals surface area (Å²) in [5.41, 5.74) is 2.18. The van der Waals surface area contributed by atoms with Gasteiger partial charge >= 0.3 is 6.61 Å². The molecule has 0 aliphatic heterocycles. The molecular formula is C20H23F2NO3S. The van der Waals surface area contributed by atoms with Gasteiger partial charge in [0.05, 0.1) is 12.0 Å². The van der Waals surface area contributed by atoms with E-state index in [0.29, 0.717) is 18.9 Å². The van der Waals surface area contributed by atoms with E-state index in [1.165, 1.54) is 30.0 Å². The van der Waals surface area contributed by atoms with E-state index >= 15 is 0 Å². The third-order valence-corrected chi connectivity index (χ3v) is 5.93. The molecule has 0 unspecified atom stereocenters. The van der Waals surface area contributed by atoms with Gasteiger partial charge in [0.15, 0.2) is 11.5 Å². The van der Waals surface area contributed by atoms with E-state index in [2.05, 4.69) is 17.0 Å². The van der Waals surface area contributed by atoms with Crippen LogP contribution in [0.4, 0.5) is 8.78 Å². The number of methoxy groups -OCH3 is 1. The molecule has 7 heteroatoms. The number of fused-ring (bicyclic) bond motifs is 1. The number of carbonyl (C=O) groups is 1. The van der Waals surface area contributed by atoms with Crippen molar-refractivity contribution in [2.75, 3.05) is 13.7 Å². The molecule has 3 rings (SSSR count). The number of carbonyl (C=O) groups excluding carboxylic acids is 1. The number of benzene rings is 1. The van der Waals surface area contributed by atoms with Crippen molar-refractivity contribution in [1.29, 1.82) is 0 Å². The van der Waals surface area contributed by atoms with Crippen LogP contribution in [0.1, 0.15) is 39.0 Å². The standard InChI is InChI=1S/C20H23F2NO3S/c1-12-3-6-17-14(9-12)11-18(27-17)19(24)23-8-7-13-4-5-15(26-20(21)22)16(10-13)25-2/h4-5,10-12,20H,3,6-9H2,1-2H3,(H,23,24)/t12-/m0/s1. The number of rotatable bonds is 7. The van der Waals surface area contributed by atoms with Crippen LogP contribution >= 0.6 is 11.3 Å². The molecule has 1 aromatic carbocycles. The van der Waals surface area contributed by atoms with Gasteiger partial charge in [0.1, 0.15) is 0 Å². The quantitative estimate of drug-likeness (QED) is 0.753. The van der Waals surface area contributed by atoms with Crippen molar-refractivity contribution in [2.45, 2.75) is 39.2 Å². The smallest absolute Gasteiger partial charge is 0.387 e. The van der Waals surface area contributed by atoms with Crippen molar-refractivity contribution in [3.63, 3.8) is 0 Å². The number of thiophene rings is 1. The van der Waals surface area contributed by atoms with Gasteiger partial charge in [-0.3, -0.25) is 4.79 Å². The van der Waals surface area contributed by atoms with Gasteiger partial charge in [-0.05, 0) is 60.9 Å². The fourth-order valence-electron chi connectivity index (χ4n) is 3.29. The summed E-state index contributed by atoms with van der Waals surface area (Å²) in [6, 6.07) is 6.81. The highest BCUT2D eigenvalue weighted by Gasteiger charge is 2.20. The first-order valence-corrected chi connectivity index (χ1v) is 9.79. The lowest BCUT2D eigenvalue weighted by molar-refractivity contribution is -0.0512. The van der Waals surface area contributed by atoms with E-state index in [4.69, 9.17) is 4.74 Å². The zero-order valence-electron chi connectivity index (χ0n) is 15.4. The lowest BCUT2D eigenvalue weighted by Gasteiger charge is -2.16. The molecule has 1 N–H and O–H groups in total. The summed E-state index contributed by atoms with van der Waals surface area (Å²) in [5, 5.41) is 2.93. The molecule has 2 aromatic rings. The maximum atomic E-state index is 12.4. The third kappa shape index (κ3) is 4.97. The Morgan fingerprint density at radius 2 is 2.15 bits per heavy atom. The van der Waals surface area contributed by atoms with Gasteiger partial charge in [-0.1, -0.05) is 13.0 Å². The Bertz CT molecular complexity index is 807. The monoisotopic (exact) mass is 395 g/mol. The molecule has 27 heavy (non-hydrogen) atoms. The normalized spacial score (nSPS) is 16.1. The van der Waals surface area contributed by atoms with Crippen LogP contribution in [0, 0.1) is 5.92 Å². The molecule has 1 heterocycles. The Morgan fingerprint density at radius 3 is 2.89 bits per heavy atom. The van der Waals surface area contributed by atoms with Gasteiger partial charge in [-0.15, -0.1) is 11.3 Å². The Kier molecular flexibility index (Phi) is 6.31. The van der Waals surface area contributed by atoms with Gasteiger partial charge in [0.2, 0.25) is 0 Å². The maximum Gasteiger partial charge on any atom is 0.387 e. The van der Waals surface area contributed by atoms with Gasteiger partial charge < -0.3 is 14.8 Å². The average Bonchev–Trinajstić information content (AvgIpc) is 3.05. The molecule has 1 aliphatic rings. The van der Waals surface area contributed by atoms with Crippen LogP contribution in [-0.4, -0.2) is 26.2 Å². The lowest BCUT2D eigenvalue weighted by atomic mass is 9.90. The van der Waals surface area contributed by atoms with Crippen molar-refractivity contribution >= 4 is 17.2 Å². The van der Waals surface area contributed by atoms with Crippen LogP contribution in [-0.2, 0) is 19.3 Å². The Balaban J connectivity index is 1.56. The lowest BCUT2D eigenvalue weighted by Crippen LogP contribution is -2.24. The molecule has 1 amide bonds. The van der Waals surface area contributed by atoms with Gasteiger partial charge in [-0.2, -0.15) is 8.78 Å². The molecule has 1 aliphatic carbocycles. The molecule has 0 radical (unpaired) electrons. The Labute approximate surface area is 161 Å². The van der Waals surface area contributed by atoms with Crippen LogP contribution in [0.3, 0.4) is 0 Å². The minimum atomic E-state index is -2.90. The van der Waals surface area contributed by atoms with E-state index in [0.717, 1.165) is 23.3 Å². The second kappa shape index (κ2) is 8.69. The molecule has 146 valence electrons. The molecule has 1 aromatic heterocycles. The van der Waals surface area contributed by atoms with Gasteiger partial charge in [0, 0.05) is 11.4 Å². The molecule has 0 saturated carbocycles. The van der Waals surface area contributed by atoms with Gasteiger partial charge in [0.25, 0.3) is 5.91 Å². The minimum Gasteiger partial charge on any atom is -0.493 e. The SMILES string of the molecule is COc1cc(CCNC(=O)c2cc3c(s2)CC[C@H](C)C3)ccc1OC(F)F. The summed E-state index contributed by atoms with van der Waals surface area (Å²) >= 11 is 1.59. The molecular weight excluding hydrogens is 372 g/mol. The Hall–Kier alpha value is -2.15. The van der Waals surface area contributed by atoms with Crippen LogP contribution in [0.2, 0.25) is 0 Å². The van der Waals surface area contributed by atoms with E-state index in [-0.39, 0.29) is 17.4 Å². The molecule has 0 saturated heterocycles. The molecule has 0 spiro atoms. The fourth-order valence-corrected chi connectivity index (χ4v) is 4.41. The van der Waals surface area contributed by atoms with Crippen molar-refractivity contribution < 1.29 is 23.0 Å². The number of aryl methyl sites for hydroxylation is 1. The van der Waals surface area contributed by atoms with E-state index < -0.39 is 6.61 Å². The van der Waals surface area contributed by atoms with Crippen molar-refractivity contribution in [2.24, 2.45) is 5.92 Å². The largest absolute Gasteiger partial charge is 0.493 e. The highest BCUT2D eigenvalue weighted by Crippen LogP contribution is 2.32. The highest BCUT2D eigenvalue weighted by atomic mass is 32.1. The number of ether oxygens (including phenoxy) is 2. The van der Waals surface area contributed by atoms with Crippen molar-refractivity contribution in [1.82, 2.24) is 5.32 Å². The summed E-state index contributed by atoms with van der Waals surface area (Å²) in [5.74, 6) is 0.861. The summed E-state index contributed by atoms with van der Waals surface area (Å²) < 4.78 is 34.3. The fraction of sp³-hybridized carbons (Fsp3) is 0.450. The average molecular weight is 395 g/mol. The maximum absolute atomic E-state index is 12.4. The van der Waals surface area contributed by atoms with Crippen LogP contribution in [0.25, 0.3) is 0 Å². The van der Waals surface area contributed by atoms with Gasteiger partial charge in [-0.25, -0.2) is 0 Å². The summed E-state index contributed by atoms with van der Waals surface area (Å²) in [6.07, 6.45) is 3.86. The predicted octanol–water partition coefficient (Wildman–Crippen LogP) is 4.46. The first kappa shape index (κ1) is 19.6. The second-order valence-electron chi connectivity index (χ2n) is 6.78. The summed E-state index contributed by atoms with van der Waals surface area (Å²) in [7, 11) is 1.40. The predicted molar refractivity (Wildman–Crippen MR) is 101 cm³/mol. The highest BCUT2D eigenvalue weighted by molar-refractivity contribution is 7.14. The van der Waals surface area contributed by atoms with Crippen LogP contribution in [0.5, 0.6) is 11.5 Å². The third-order valence-electron chi connectivity index (χ3n) is 4.70. The second-order valence-corrected chi connectivity index (χ2v) is 7.91. The van der Waals surface area contributed by atoms with E-state index in [9.17, 15) is 13.6 Å². The first-order chi connectivity index (χ1) is 13.0. The summed E-state index contributed by atoms with van der Waals surface area (Å²) in [4.78, 5) is 14.5. The molecule has 0 fully saturated rings. The van der Waals surface area contributed by atoms with E-state index in [1.807, 2.05) is 6.07 Å². The number of nitrogens with one attached hydrogen (secondary N) is 1. The topological polar surface area (TPSA) is 47.6 Å². The zero-order chi connectivity index (χ0) is 19.4. The van der Waals surface area contributed by atoms with Crippen molar-refractivity contribution in [3.05, 3.63) is 45.1 Å². The molecule has 1 atom stereocenters. The number of hydrogen-bond donors (Lipinski definition) is 1. The number of alkyl halides is 2. The molecule has 4 nitrogen and oxygen atoms in total.